The van der Waals surface area contributed by atoms with Gasteiger partial charge in [0, 0.05) is 18.1 Å². The van der Waals surface area contributed by atoms with Crippen molar-refractivity contribution in [1.29, 1.82) is 0 Å². The lowest BCUT2D eigenvalue weighted by Gasteiger charge is -2.19. The zero-order valence-corrected chi connectivity index (χ0v) is 19.1. The van der Waals surface area contributed by atoms with E-state index in [0.29, 0.717) is 30.1 Å². The average Bonchev–Trinajstić information content (AvgIpc) is 3.00. The van der Waals surface area contributed by atoms with Crippen LogP contribution in [0, 0.1) is 0 Å². The second-order valence-electron chi connectivity index (χ2n) is 7.95. The van der Waals surface area contributed by atoms with Crippen LogP contribution >= 0.6 is 0 Å². The van der Waals surface area contributed by atoms with E-state index in [9.17, 15) is 9.59 Å². The molecular formula is C25H31NO5. The summed E-state index contributed by atoms with van der Waals surface area (Å²) in [5, 5.41) is 3.03. The Hall–Kier alpha value is -3.02. The number of benzene rings is 1. The number of ether oxygens (including phenoxy) is 3. The molecule has 6 heteroatoms. The third kappa shape index (κ3) is 4.24. The van der Waals surface area contributed by atoms with Gasteiger partial charge in [-0.25, -0.2) is 0 Å². The summed E-state index contributed by atoms with van der Waals surface area (Å²) >= 11 is 0. The second-order valence-corrected chi connectivity index (χ2v) is 7.95. The summed E-state index contributed by atoms with van der Waals surface area (Å²) in [4.78, 5) is 25.1. The lowest BCUT2D eigenvalue weighted by atomic mass is 9.95. The van der Waals surface area contributed by atoms with Gasteiger partial charge in [-0.1, -0.05) is 26.0 Å². The number of aryl methyl sites for hydroxylation is 1. The highest BCUT2D eigenvalue weighted by Gasteiger charge is 2.29. The largest absolute Gasteiger partial charge is 0.493 e. The Bertz CT molecular complexity index is 1050. The van der Waals surface area contributed by atoms with Crippen molar-refractivity contribution in [2.24, 2.45) is 0 Å². The summed E-state index contributed by atoms with van der Waals surface area (Å²) in [6.07, 6.45) is 2.20. The highest BCUT2D eigenvalue weighted by Crippen LogP contribution is 2.50. The Kier molecular flexibility index (Phi) is 6.88. The van der Waals surface area contributed by atoms with Crippen LogP contribution in [0.1, 0.15) is 62.3 Å². The molecule has 0 aliphatic heterocycles. The van der Waals surface area contributed by atoms with Crippen LogP contribution in [-0.2, 0) is 11.2 Å². The summed E-state index contributed by atoms with van der Waals surface area (Å²) in [6.45, 7) is 5.61. The van der Waals surface area contributed by atoms with E-state index >= 15 is 0 Å². The van der Waals surface area contributed by atoms with Crippen LogP contribution in [-0.4, -0.2) is 27.2 Å². The van der Waals surface area contributed by atoms with Crippen molar-refractivity contribution in [2.45, 2.75) is 52.0 Å². The minimum atomic E-state index is -0.286. The number of amides is 1. The van der Waals surface area contributed by atoms with E-state index in [0.717, 1.165) is 34.2 Å². The SMILES string of the molecule is CCC(C)c1ccc2c(cc1=O)[C@@H](NC(C)=O)CCc1cc(OC)c(OC)c(OC)c1-2. The Labute approximate surface area is 183 Å². The van der Waals surface area contributed by atoms with Crippen LogP contribution in [0.5, 0.6) is 17.2 Å². The number of rotatable bonds is 6. The van der Waals surface area contributed by atoms with E-state index in [1.807, 2.05) is 18.2 Å². The number of hydrogen-bond acceptors (Lipinski definition) is 5. The topological polar surface area (TPSA) is 73.9 Å². The lowest BCUT2D eigenvalue weighted by molar-refractivity contribution is -0.119. The number of nitrogens with one attached hydrogen (secondary N) is 1. The predicted molar refractivity (Wildman–Crippen MR) is 121 cm³/mol. The molecule has 0 aromatic heterocycles. The molecule has 3 rings (SSSR count). The Morgan fingerprint density at radius 1 is 1.13 bits per heavy atom. The molecule has 1 unspecified atom stereocenters. The molecule has 1 amide bonds. The van der Waals surface area contributed by atoms with Gasteiger partial charge in [-0.2, -0.15) is 0 Å². The van der Waals surface area contributed by atoms with E-state index in [-0.39, 0.29) is 23.3 Å². The van der Waals surface area contributed by atoms with Crippen molar-refractivity contribution >= 4 is 5.91 Å². The first-order valence-corrected chi connectivity index (χ1v) is 10.6. The first kappa shape index (κ1) is 22.7. The molecule has 0 bridgehead atoms. The molecule has 2 atom stereocenters. The molecule has 0 heterocycles. The van der Waals surface area contributed by atoms with E-state index in [1.54, 1.807) is 27.4 Å². The van der Waals surface area contributed by atoms with Crippen molar-refractivity contribution in [3.05, 3.63) is 51.2 Å². The average molecular weight is 426 g/mol. The minimum absolute atomic E-state index is 0.0196. The molecule has 0 saturated heterocycles. The van der Waals surface area contributed by atoms with Gasteiger partial charge in [-0.15, -0.1) is 0 Å². The highest BCUT2D eigenvalue weighted by atomic mass is 16.5. The molecule has 1 aliphatic rings. The maximum absolute atomic E-state index is 13.1. The predicted octanol–water partition coefficient (Wildman–Crippen LogP) is 4.38. The van der Waals surface area contributed by atoms with Gasteiger partial charge in [0.1, 0.15) is 0 Å². The van der Waals surface area contributed by atoms with Gasteiger partial charge in [0.25, 0.3) is 0 Å². The van der Waals surface area contributed by atoms with Crippen LogP contribution in [0.25, 0.3) is 11.1 Å². The van der Waals surface area contributed by atoms with Gasteiger partial charge in [0.2, 0.25) is 11.7 Å². The summed E-state index contributed by atoms with van der Waals surface area (Å²) in [6, 6.07) is 7.24. The maximum atomic E-state index is 13.1. The third-order valence-corrected chi connectivity index (χ3v) is 6.09. The molecule has 2 aromatic carbocycles. The third-order valence-electron chi connectivity index (χ3n) is 6.09. The van der Waals surface area contributed by atoms with Crippen molar-refractivity contribution in [2.75, 3.05) is 21.3 Å². The maximum Gasteiger partial charge on any atom is 0.217 e. The molecule has 31 heavy (non-hydrogen) atoms. The summed E-state index contributed by atoms with van der Waals surface area (Å²) in [7, 11) is 4.77. The van der Waals surface area contributed by atoms with Crippen LogP contribution in [0.2, 0.25) is 0 Å². The van der Waals surface area contributed by atoms with Gasteiger partial charge in [0.05, 0.1) is 27.4 Å². The van der Waals surface area contributed by atoms with Gasteiger partial charge < -0.3 is 19.5 Å². The van der Waals surface area contributed by atoms with Crippen LogP contribution in [0.15, 0.2) is 29.1 Å². The Morgan fingerprint density at radius 2 is 1.84 bits per heavy atom. The molecule has 166 valence electrons. The van der Waals surface area contributed by atoms with Gasteiger partial charge in [0.15, 0.2) is 16.9 Å². The fourth-order valence-corrected chi connectivity index (χ4v) is 4.35. The molecule has 2 aromatic rings. The highest BCUT2D eigenvalue weighted by molar-refractivity contribution is 5.83. The fourth-order valence-electron chi connectivity index (χ4n) is 4.35. The first-order chi connectivity index (χ1) is 14.9. The van der Waals surface area contributed by atoms with E-state index < -0.39 is 0 Å². The van der Waals surface area contributed by atoms with Gasteiger partial charge in [-0.05, 0) is 54.0 Å². The fraction of sp³-hybridized carbons (Fsp3) is 0.440. The summed E-state index contributed by atoms with van der Waals surface area (Å²) in [5.74, 6) is 1.65. The van der Waals surface area contributed by atoms with Crippen LogP contribution in [0.4, 0.5) is 0 Å². The van der Waals surface area contributed by atoms with Gasteiger partial charge in [-0.3, -0.25) is 9.59 Å². The van der Waals surface area contributed by atoms with E-state index in [4.69, 9.17) is 14.2 Å². The summed E-state index contributed by atoms with van der Waals surface area (Å²) < 4.78 is 17.0. The Balaban J connectivity index is 2.41. The molecule has 0 radical (unpaired) electrons. The second kappa shape index (κ2) is 9.41. The molecule has 0 saturated carbocycles. The van der Waals surface area contributed by atoms with Crippen LogP contribution < -0.4 is 25.0 Å². The minimum Gasteiger partial charge on any atom is -0.493 e. The number of carbonyl (C=O) groups excluding carboxylic acids is 1. The monoisotopic (exact) mass is 425 g/mol. The first-order valence-electron chi connectivity index (χ1n) is 10.6. The number of carbonyl (C=O) groups is 1. The zero-order valence-electron chi connectivity index (χ0n) is 19.1. The molecule has 6 nitrogen and oxygen atoms in total. The van der Waals surface area contributed by atoms with Gasteiger partial charge >= 0.3 is 0 Å². The molecular weight excluding hydrogens is 394 g/mol. The standard InChI is InChI=1S/C25H31NO5/c1-7-14(2)17-9-10-18-19(13-21(17)28)20(26-15(3)27)11-8-16-12-22(29-4)24(30-5)25(31-6)23(16)18/h9-10,12-14,20H,7-8,11H2,1-6H3,(H,26,27)/t14?,20-/m0/s1. The normalized spacial score (nSPS) is 15.7. The molecule has 0 spiro atoms. The van der Waals surface area contributed by atoms with Crippen molar-refractivity contribution in [1.82, 2.24) is 5.32 Å². The number of fused-ring (bicyclic) bond motifs is 3. The van der Waals surface area contributed by atoms with E-state index in [1.165, 1.54) is 6.92 Å². The van der Waals surface area contributed by atoms with Crippen molar-refractivity contribution in [3.8, 4) is 28.4 Å². The molecule has 1 aliphatic carbocycles. The Morgan fingerprint density at radius 3 is 2.42 bits per heavy atom. The zero-order chi connectivity index (χ0) is 22.7. The summed E-state index contributed by atoms with van der Waals surface area (Å²) in [5.41, 5.74) is 4.28. The van der Waals surface area contributed by atoms with Crippen molar-refractivity contribution in [3.63, 3.8) is 0 Å². The van der Waals surface area contributed by atoms with Crippen molar-refractivity contribution < 1.29 is 19.0 Å². The number of hydrogen-bond donors (Lipinski definition) is 1. The van der Waals surface area contributed by atoms with E-state index in [2.05, 4.69) is 19.2 Å². The quantitative estimate of drug-likeness (QED) is 0.744. The number of methoxy groups -OCH3 is 3. The smallest absolute Gasteiger partial charge is 0.217 e. The molecule has 0 fully saturated rings. The van der Waals surface area contributed by atoms with Crippen LogP contribution in [0.3, 0.4) is 0 Å². The molecule has 1 N–H and O–H groups in total. The lowest BCUT2D eigenvalue weighted by Crippen LogP contribution is -2.26.